The number of nitrogens with zero attached hydrogens (tertiary/aromatic N) is 3. The van der Waals surface area contributed by atoms with Gasteiger partial charge in [-0.3, -0.25) is 0 Å². The van der Waals surface area contributed by atoms with Crippen LogP contribution >= 0.6 is 0 Å². The summed E-state index contributed by atoms with van der Waals surface area (Å²) >= 11 is 0. The van der Waals surface area contributed by atoms with Crippen LogP contribution in [0, 0.1) is 0 Å². The minimum Gasteiger partial charge on any atom is -0.333 e. The van der Waals surface area contributed by atoms with Crippen LogP contribution in [0.5, 0.6) is 0 Å². The highest BCUT2D eigenvalue weighted by molar-refractivity contribution is 5.09. The molecule has 2 aliphatic heterocycles. The molecule has 2 atom stereocenters. The molecule has 4 nitrogen and oxygen atoms in total. The van der Waals surface area contributed by atoms with E-state index < -0.39 is 0 Å². The van der Waals surface area contributed by atoms with Crippen LogP contribution in [-0.2, 0) is 19.4 Å². The van der Waals surface area contributed by atoms with Crippen LogP contribution in [0.3, 0.4) is 0 Å². The second-order valence-corrected chi connectivity index (χ2v) is 5.73. The average molecular weight is 248 g/mol. The van der Waals surface area contributed by atoms with Gasteiger partial charge in [-0.05, 0) is 32.4 Å². The van der Waals surface area contributed by atoms with Gasteiger partial charge in [0.2, 0.25) is 0 Å². The molecule has 0 saturated carbocycles. The lowest BCUT2D eigenvalue weighted by Crippen LogP contribution is -2.31. The number of imidazole rings is 1. The van der Waals surface area contributed by atoms with Gasteiger partial charge < -0.3 is 15.2 Å². The number of likely N-dealkylation sites (N-methyl/N-ethyl adjacent to an activating group) is 1. The standard InChI is InChI=1S/C14H24N4/c1-2-17-7-3-4-13(17)8-12-10-18-9-11(15)5-6-14(18)16-12/h10-11,13H,2-9,15H2,1H3. The number of aryl methyl sites for hydroxylation is 1. The molecule has 2 aliphatic rings. The Balaban J connectivity index is 1.70. The first-order chi connectivity index (χ1) is 8.76. The molecule has 18 heavy (non-hydrogen) atoms. The molecule has 2 unspecified atom stereocenters. The normalized spacial score (nSPS) is 28.6. The molecule has 2 N–H and O–H groups in total. The SMILES string of the molecule is CCN1CCCC1Cc1cn2c(n1)CCC(N)C2. The molecule has 3 heterocycles. The Morgan fingerprint density at radius 2 is 2.33 bits per heavy atom. The lowest BCUT2D eigenvalue weighted by atomic mass is 10.1. The molecule has 0 spiro atoms. The molecule has 1 fully saturated rings. The first-order valence-electron chi connectivity index (χ1n) is 7.31. The largest absolute Gasteiger partial charge is 0.333 e. The Morgan fingerprint density at radius 1 is 1.44 bits per heavy atom. The fraction of sp³-hybridized carbons (Fsp3) is 0.786. The smallest absolute Gasteiger partial charge is 0.109 e. The third kappa shape index (κ3) is 2.31. The highest BCUT2D eigenvalue weighted by Gasteiger charge is 2.25. The maximum absolute atomic E-state index is 6.01. The fourth-order valence-corrected chi connectivity index (χ4v) is 3.41. The van der Waals surface area contributed by atoms with Gasteiger partial charge in [0.15, 0.2) is 0 Å². The van der Waals surface area contributed by atoms with E-state index in [4.69, 9.17) is 10.7 Å². The van der Waals surface area contributed by atoms with Gasteiger partial charge >= 0.3 is 0 Å². The molecule has 4 heteroatoms. The predicted molar refractivity (Wildman–Crippen MR) is 72.5 cm³/mol. The molecule has 0 amide bonds. The van der Waals surface area contributed by atoms with Gasteiger partial charge in [-0.2, -0.15) is 0 Å². The second kappa shape index (κ2) is 5.02. The van der Waals surface area contributed by atoms with E-state index in [1.807, 2.05) is 0 Å². The van der Waals surface area contributed by atoms with Crippen LogP contribution in [0.2, 0.25) is 0 Å². The van der Waals surface area contributed by atoms with Crippen molar-refractivity contribution in [3.63, 3.8) is 0 Å². The van der Waals surface area contributed by atoms with E-state index in [0.29, 0.717) is 12.1 Å². The monoisotopic (exact) mass is 248 g/mol. The molecule has 0 aliphatic carbocycles. The zero-order valence-corrected chi connectivity index (χ0v) is 11.3. The number of hydrogen-bond donors (Lipinski definition) is 1. The summed E-state index contributed by atoms with van der Waals surface area (Å²) < 4.78 is 2.27. The third-order valence-corrected chi connectivity index (χ3v) is 4.43. The van der Waals surface area contributed by atoms with E-state index in [2.05, 4.69) is 22.6 Å². The van der Waals surface area contributed by atoms with Gasteiger partial charge in [0.1, 0.15) is 5.82 Å². The highest BCUT2D eigenvalue weighted by atomic mass is 15.2. The van der Waals surface area contributed by atoms with Crippen molar-refractivity contribution in [2.24, 2.45) is 5.73 Å². The Morgan fingerprint density at radius 3 is 3.17 bits per heavy atom. The summed E-state index contributed by atoms with van der Waals surface area (Å²) in [4.78, 5) is 7.39. The molecular formula is C14H24N4. The molecule has 100 valence electrons. The zero-order chi connectivity index (χ0) is 12.5. The number of nitrogens with two attached hydrogens (primary N) is 1. The number of likely N-dealkylation sites (tertiary alicyclic amines) is 1. The van der Waals surface area contributed by atoms with Crippen molar-refractivity contribution in [2.75, 3.05) is 13.1 Å². The fourth-order valence-electron chi connectivity index (χ4n) is 3.41. The molecule has 1 aromatic heterocycles. The van der Waals surface area contributed by atoms with Crippen molar-refractivity contribution in [3.8, 4) is 0 Å². The van der Waals surface area contributed by atoms with Gasteiger partial charge in [-0.1, -0.05) is 6.92 Å². The summed E-state index contributed by atoms with van der Waals surface area (Å²) in [5, 5.41) is 0. The number of rotatable bonds is 3. The summed E-state index contributed by atoms with van der Waals surface area (Å²) in [7, 11) is 0. The highest BCUT2D eigenvalue weighted by Crippen LogP contribution is 2.22. The van der Waals surface area contributed by atoms with E-state index in [0.717, 1.165) is 25.8 Å². The molecular weight excluding hydrogens is 224 g/mol. The van der Waals surface area contributed by atoms with Crippen molar-refractivity contribution >= 4 is 0 Å². The lowest BCUT2D eigenvalue weighted by molar-refractivity contribution is 0.265. The summed E-state index contributed by atoms with van der Waals surface area (Å²) in [6, 6.07) is 1.03. The van der Waals surface area contributed by atoms with Gasteiger partial charge in [-0.15, -0.1) is 0 Å². The zero-order valence-electron chi connectivity index (χ0n) is 11.3. The van der Waals surface area contributed by atoms with E-state index in [9.17, 15) is 0 Å². The minimum absolute atomic E-state index is 0.318. The second-order valence-electron chi connectivity index (χ2n) is 5.73. The topological polar surface area (TPSA) is 47.1 Å². The third-order valence-electron chi connectivity index (χ3n) is 4.43. The molecule has 1 saturated heterocycles. The molecule has 3 rings (SSSR count). The average Bonchev–Trinajstić information content (AvgIpc) is 2.94. The first kappa shape index (κ1) is 12.2. The summed E-state index contributed by atoms with van der Waals surface area (Å²) in [6.45, 7) is 5.64. The van der Waals surface area contributed by atoms with Gasteiger partial charge in [0, 0.05) is 37.7 Å². The van der Waals surface area contributed by atoms with Gasteiger partial charge in [-0.25, -0.2) is 4.98 Å². The van der Waals surface area contributed by atoms with Crippen LogP contribution in [0.15, 0.2) is 6.20 Å². The molecule has 0 aromatic carbocycles. The minimum atomic E-state index is 0.318. The van der Waals surface area contributed by atoms with Crippen molar-refractivity contribution in [2.45, 2.75) is 57.7 Å². The maximum atomic E-state index is 6.01. The molecule has 1 aromatic rings. The number of fused-ring (bicyclic) bond motifs is 1. The lowest BCUT2D eigenvalue weighted by Gasteiger charge is -2.21. The van der Waals surface area contributed by atoms with Crippen LogP contribution in [0.1, 0.15) is 37.7 Å². The van der Waals surface area contributed by atoms with Crippen molar-refractivity contribution in [1.82, 2.24) is 14.5 Å². The maximum Gasteiger partial charge on any atom is 0.109 e. The van der Waals surface area contributed by atoms with Crippen LogP contribution in [0.25, 0.3) is 0 Å². The summed E-state index contributed by atoms with van der Waals surface area (Å²) in [5.41, 5.74) is 7.28. The Kier molecular flexibility index (Phi) is 3.39. The molecule has 0 radical (unpaired) electrons. The van der Waals surface area contributed by atoms with Crippen LogP contribution < -0.4 is 5.73 Å². The Hall–Kier alpha value is -0.870. The van der Waals surface area contributed by atoms with Crippen molar-refractivity contribution < 1.29 is 0 Å². The van der Waals surface area contributed by atoms with E-state index in [1.54, 1.807) is 0 Å². The summed E-state index contributed by atoms with van der Waals surface area (Å²) in [5.74, 6) is 1.24. The van der Waals surface area contributed by atoms with Crippen molar-refractivity contribution in [1.29, 1.82) is 0 Å². The quantitative estimate of drug-likeness (QED) is 0.874. The Labute approximate surface area is 109 Å². The van der Waals surface area contributed by atoms with E-state index in [1.165, 1.54) is 37.4 Å². The van der Waals surface area contributed by atoms with Gasteiger partial charge in [0.25, 0.3) is 0 Å². The van der Waals surface area contributed by atoms with Gasteiger partial charge in [0.05, 0.1) is 5.69 Å². The van der Waals surface area contributed by atoms with Crippen molar-refractivity contribution in [3.05, 3.63) is 17.7 Å². The number of aromatic nitrogens is 2. The van der Waals surface area contributed by atoms with E-state index >= 15 is 0 Å². The van der Waals surface area contributed by atoms with Crippen LogP contribution in [-0.4, -0.2) is 39.6 Å². The predicted octanol–water partition coefficient (Wildman–Crippen LogP) is 1.18. The van der Waals surface area contributed by atoms with Crippen LogP contribution in [0.4, 0.5) is 0 Å². The first-order valence-corrected chi connectivity index (χ1v) is 7.31. The summed E-state index contributed by atoms with van der Waals surface area (Å²) in [6.07, 6.45) is 8.15. The Bertz CT molecular complexity index is 412. The molecule has 0 bridgehead atoms. The van der Waals surface area contributed by atoms with E-state index in [-0.39, 0.29) is 0 Å². The number of hydrogen-bond acceptors (Lipinski definition) is 3.